The maximum atomic E-state index is 11.5. The van der Waals surface area contributed by atoms with Crippen LogP contribution in [0.5, 0.6) is 11.5 Å². The van der Waals surface area contributed by atoms with Gasteiger partial charge in [0.15, 0.2) is 11.5 Å². The Morgan fingerprint density at radius 2 is 2.20 bits per heavy atom. The second-order valence-corrected chi connectivity index (χ2v) is 5.68. The van der Waals surface area contributed by atoms with Crippen molar-refractivity contribution in [3.63, 3.8) is 0 Å². The van der Waals surface area contributed by atoms with Gasteiger partial charge in [-0.05, 0) is 47.5 Å². The molecule has 132 valence electrons. The van der Waals surface area contributed by atoms with Crippen LogP contribution in [-0.2, 0) is 0 Å². The highest BCUT2D eigenvalue weighted by molar-refractivity contribution is 9.10. The summed E-state index contributed by atoms with van der Waals surface area (Å²) in [5.41, 5.74) is 3.35. The zero-order chi connectivity index (χ0) is 18.2. The molecule has 0 bridgehead atoms. The van der Waals surface area contributed by atoms with Gasteiger partial charge in [0.2, 0.25) is 5.95 Å². The van der Waals surface area contributed by atoms with Crippen LogP contribution in [0.4, 0.5) is 5.95 Å². The number of hydrogen-bond donors (Lipinski definition) is 2. The number of hydrazone groups is 1. The van der Waals surface area contributed by atoms with Gasteiger partial charge in [-0.15, -0.1) is 10.2 Å². The molecule has 8 nitrogen and oxygen atoms in total. The second-order valence-electron chi connectivity index (χ2n) is 4.82. The summed E-state index contributed by atoms with van der Waals surface area (Å²) in [5, 5.41) is 11.5. The highest BCUT2D eigenvalue weighted by Gasteiger charge is 2.11. The molecule has 25 heavy (non-hydrogen) atoms. The average Bonchev–Trinajstić information content (AvgIpc) is 2.58. The second kappa shape index (κ2) is 8.97. The third kappa shape index (κ3) is 5.15. The maximum Gasteiger partial charge on any atom is 0.274 e. The summed E-state index contributed by atoms with van der Waals surface area (Å²) in [7, 11) is 0. The van der Waals surface area contributed by atoms with E-state index in [0.29, 0.717) is 24.7 Å². The van der Waals surface area contributed by atoms with E-state index in [-0.39, 0.29) is 17.2 Å². The van der Waals surface area contributed by atoms with Gasteiger partial charge in [-0.1, -0.05) is 12.7 Å². The number of nitrogens with one attached hydrogen (secondary N) is 2. The lowest BCUT2D eigenvalue weighted by molar-refractivity contribution is 0.295. The van der Waals surface area contributed by atoms with Crippen molar-refractivity contribution < 1.29 is 9.47 Å². The number of aromatic amines is 1. The SMILES string of the molecule is C=CCOc1c(Br)cc(/C=N\Nc2nnc(C)c(=O)[nH]2)cc1OCC. The van der Waals surface area contributed by atoms with Gasteiger partial charge < -0.3 is 9.47 Å². The van der Waals surface area contributed by atoms with Gasteiger partial charge in [-0.25, -0.2) is 5.43 Å². The summed E-state index contributed by atoms with van der Waals surface area (Å²) in [6, 6.07) is 3.62. The predicted molar refractivity (Wildman–Crippen MR) is 99.6 cm³/mol. The van der Waals surface area contributed by atoms with Crippen molar-refractivity contribution in [3.05, 3.63) is 50.9 Å². The summed E-state index contributed by atoms with van der Waals surface area (Å²) in [6.45, 7) is 7.96. The molecule has 0 unspecified atom stereocenters. The molecule has 1 heterocycles. The molecule has 0 atom stereocenters. The number of anilines is 1. The monoisotopic (exact) mass is 407 g/mol. The average molecular weight is 408 g/mol. The molecule has 0 amide bonds. The summed E-state index contributed by atoms with van der Waals surface area (Å²) < 4.78 is 11.9. The first-order chi connectivity index (χ1) is 12.0. The molecule has 0 saturated heterocycles. The van der Waals surface area contributed by atoms with Gasteiger partial charge in [-0.2, -0.15) is 5.10 Å². The van der Waals surface area contributed by atoms with Crippen LogP contribution in [0.25, 0.3) is 0 Å². The Hall–Kier alpha value is -2.68. The van der Waals surface area contributed by atoms with E-state index in [9.17, 15) is 4.79 Å². The normalized spacial score (nSPS) is 10.7. The summed E-state index contributed by atoms with van der Waals surface area (Å²) >= 11 is 3.46. The molecular weight excluding hydrogens is 390 g/mol. The number of aryl methyl sites for hydroxylation is 1. The molecule has 0 fully saturated rings. The first kappa shape index (κ1) is 18.7. The number of aromatic nitrogens is 3. The van der Waals surface area contributed by atoms with Crippen molar-refractivity contribution in [1.29, 1.82) is 0 Å². The largest absolute Gasteiger partial charge is 0.490 e. The standard InChI is InChI=1S/C16H18BrN5O3/c1-4-6-25-14-12(17)7-11(8-13(14)24-5-2)9-18-21-16-19-15(23)10(3)20-22-16/h4,7-9H,1,5-6H2,2-3H3,(H2,19,21,22,23)/b18-9-. The van der Waals surface area contributed by atoms with Gasteiger partial charge in [0, 0.05) is 0 Å². The van der Waals surface area contributed by atoms with Gasteiger partial charge >= 0.3 is 0 Å². The minimum Gasteiger partial charge on any atom is -0.490 e. The Kier molecular flexibility index (Phi) is 6.70. The summed E-state index contributed by atoms with van der Waals surface area (Å²) in [4.78, 5) is 14.0. The lowest BCUT2D eigenvalue weighted by Crippen LogP contribution is -2.15. The minimum atomic E-state index is -0.321. The summed E-state index contributed by atoms with van der Waals surface area (Å²) in [6.07, 6.45) is 3.22. The number of halogens is 1. The van der Waals surface area contributed by atoms with E-state index < -0.39 is 0 Å². The van der Waals surface area contributed by atoms with E-state index in [0.717, 1.165) is 10.0 Å². The molecule has 0 spiro atoms. The Morgan fingerprint density at radius 1 is 1.40 bits per heavy atom. The van der Waals surface area contributed by atoms with Gasteiger partial charge in [0.05, 0.1) is 17.3 Å². The van der Waals surface area contributed by atoms with Gasteiger partial charge in [0.25, 0.3) is 5.56 Å². The number of nitrogens with zero attached hydrogens (tertiary/aromatic N) is 3. The quantitative estimate of drug-likeness (QED) is 0.396. The maximum absolute atomic E-state index is 11.5. The molecule has 2 aromatic rings. The lowest BCUT2D eigenvalue weighted by atomic mass is 10.2. The Morgan fingerprint density at radius 3 is 2.88 bits per heavy atom. The van der Waals surface area contributed by atoms with Crippen molar-refractivity contribution in [3.8, 4) is 11.5 Å². The van der Waals surface area contributed by atoms with Crippen LogP contribution in [-0.4, -0.2) is 34.6 Å². The Balaban J connectivity index is 2.19. The topological polar surface area (TPSA) is 101 Å². The fourth-order valence-corrected chi connectivity index (χ4v) is 2.39. The van der Waals surface area contributed by atoms with E-state index in [1.54, 1.807) is 25.3 Å². The van der Waals surface area contributed by atoms with Crippen molar-refractivity contribution in [2.24, 2.45) is 5.10 Å². The summed E-state index contributed by atoms with van der Waals surface area (Å²) in [5.74, 6) is 1.34. The van der Waals surface area contributed by atoms with Crippen LogP contribution in [0.15, 0.2) is 39.2 Å². The van der Waals surface area contributed by atoms with Crippen LogP contribution < -0.4 is 20.5 Å². The van der Waals surface area contributed by atoms with Gasteiger partial charge in [0.1, 0.15) is 12.3 Å². The van der Waals surface area contributed by atoms with Crippen LogP contribution in [0, 0.1) is 6.92 Å². The molecule has 1 aromatic heterocycles. The fourth-order valence-electron chi connectivity index (χ4n) is 1.82. The molecule has 0 aliphatic rings. The highest BCUT2D eigenvalue weighted by atomic mass is 79.9. The van der Waals surface area contributed by atoms with Crippen molar-refractivity contribution in [1.82, 2.24) is 15.2 Å². The number of rotatable bonds is 8. The molecule has 9 heteroatoms. The zero-order valence-electron chi connectivity index (χ0n) is 13.9. The number of ether oxygens (including phenoxy) is 2. The molecule has 2 N–H and O–H groups in total. The van der Waals surface area contributed by atoms with Crippen LogP contribution in [0.2, 0.25) is 0 Å². The zero-order valence-corrected chi connectivity index (χ0v) is 15.5. The molecule has 0 aliphatic heterocycles. The van der Waals surface area contributed by atoms with E-state index in [1.807, 2.05) is 13.0 Å². The van der Waals surface area contributed by atoms with Crippen LogP contribution >= 0.6 is 15.9 Å². The Bertz CT molecular complexity index is 835. The molecule has 0 saturated carbocycles. The van der Waals surface area contributed by atoms with Crippen LogP contribution in [0.3, 0.4) is 0 Å². The van der Waals surface area contributed by atoms with E-state index in [4.69, 9.17) is 9.47 Å². The molecule has 0 aliphatic carbocycles. The molecular formula is C16H18BrN5O3. The Labute approximate surface area is 153 Å². The van der Waals surface area contributed by atoms with Crippen LogP contribution in [0.1, 0.15) is 18.2 Å². The first-order valence-electron chi connectivity index (χ1n) is 7.47. The fraction of sp³-hybridized carbons (Fsp3) is 0.250. The molecule has 1 aromatic carbocycles. The number of benzene rings is 1. The van der Waals surface area contributed by atoms with Gasteiger partial charge in [-0.3, -0.25) is 9.78 Å². The lowest BCUT2D eigenvalue weighted by Gasteiger charge is -2.13. The minimum absolute atomic E-state index is 0.155. The van der Waals surface area contributed by atoms with E-state index >= 15 is 0 Å². The third-order valence-electron chi connectivity index (χ3n) is 2.92. The number of H-pyrrole nitrogens is 1. The van der Waals surface area contributed by atoms with Crippen molar-refractivity contribution in [2.45, 2.75) is 13.8 Å². The number of hydrogen-bond acceptors (Lipinski definition) is 7. The highest BCUT2D eigenvalue weighted by Crippen LogP contribution is 2.36. The third-order valence-corrected chi connectivity index (χ3v) is 3.51. The van der Waals surface area contributed by atoms with Crippen molar-refractivity contribution >= 4 is 28.1 Å². The molecule has 2 rings (SSSR count). The van der Waals surface area contributed by atoms with E-state index in [1.165, 1.54) is 0 Å². The smallest absolute Gasteiger partial charge is 0.274 e. The van der Waals surface area contributed by atoms with Crippen molar-refractivity contribution in [2.75, 3.05) is 18.6 Å². The van der Waals surface area contributed by atoms with E-state index in [2.05, 4.69) is 48.2 Å². The predicted octanol–water partition coefficient (Wildman–Crippen LogP) is 2.65. The first-order valence-corrected chi connectivity index (χ1v) is 8.27. The molecule has 0 radical (unpaired) electrons.